The number of aromatic nitrogens is 3. The number of aryl methyl sites for hydroxylation is 2. The van der Waals surface area contributed by atoms with E-state index < -0.39 is 16.6 Å². The van der Waals surface area contributed by atoms with Crippen molar-refractivity contribution in [3.8, 4) is 5.75 Å². The molecular formula is C22H26F2N4O3S. The fourth-order valence-electron chi connectivity index (χ4n) is 5.01. The van der Waals surface area contributed by atoms with Crippen LogP contribution in [0.5, 0.6) is 5.75 Å². The van der Waals surface area contributed by atoms with Crippen LogP contribution in [0, 0.1) is 0 Å². The fraction of sp³-hybridized carbons (Fsp3) is 0.545. The average Bonchev–Trinajstić information content (AvgIpc) is 3.34. The molecule has 2 aliphatic heterocycles. The Hall–Kier alpha value is -2.33. The standard InChI is InChI=1S/C22H26F2N4O3S/c23-22(24)31-17-9-7-16-14-18(10-8-15(16)13-17)32(29,30)28-12-4-5-19(28)21-26-25-20-6-2-1-3-11-27(20)21/h7,9,13-14,19,22H,1-6,8,10-12H2. The van der Waals surface area contributed by atoms with Gasteiger partial charge in [-0.3, -0.25) is 0 Å². The summed E-state index contributed by atoms with van der Waals surface area (Å²) in [4.78, 5) is 0.357. The summed E-state index contributed by atoms with van der Waals surface area (Å²) in [5, 5.41) is 8.77. The maximum absolute atomic E-state index is 13.6. The summed E-state index contributed by atoms with van der Waals surface area (Å²) in [6, 6.07) is 4.34. The van der Waals surface area contributed by atoms with Crippen molar-refractivity contribution in [2.75, 3.05) is 6.54 Å². The van der Waals surface area contributed by atoms with Gasteiger partial charge in [0.05, 0.1) is 10.9 Å². The molecule has 3 heterocycles. The number of sulfonamides is 1. The van der Waals surface area contributed by atoms with E-state index >= 15 is 0 Å². The van der Waals surface area contributed by atoms with Gasteiger partial charge >= 0.3 is 6.61 Å². The number of halogens is 2. The smallest absolute Gasteiger partial charge is 0.387 e. The van der Waals surface area contributed by atoms with E-state index in [4.69, 9.17) is 0 Å². The van der Waals surface area contributed by atoms with E-state index in [1.165, 1.54) is 6.07 Å². The van der Waals surface area contributed by atoms with Gasteiger partial charge in [-0.25, -0.2) is 8.42 Å². The van der Waals surface area contributed by atoms with E-state index in [9.17, 15) is 17.2 Å². The summed E-state index contributed by atoms with van der Waals surface area (Å²) in [5.41, 5.74) is 1.53. The normalized spacial score (nSPS) is 21.7. The Balaban J connectivity index is 1.43. The SMILES string of the molecule is O=S(=O)(C1=Cc2ccc(OC(F)F)cc2CC1)N1CCCC1c1nnc2n1CCCCC2. The molecule has 1 atom stereocenters. The van der Waals surface area contributed by atoms with Crippen LogP contribution in [0.4, 0.5) is 8.78 Å². The van der Waals surface area contributed by atoms with Gasteiger partial charge in [0.2, 0.25) is 10.0 Å². The molecule has 172 valence electrons. The quantitative estimate of drug-likeness (QED) is 0.667. The van der Waals surface area contributed by atoms with Crippen LogP contribution >= 0.6 is 0 Å². The number of fused-ring (bicyclic) bond motifs is 2. The Bertz CT molecular complexity index is 1150. The molecule has 0 amide bonds. The first kappa shape index (κ1) is 21.5. The van der Waals surface area contributed by atoms with Gasteiger partial charge in [0.25, 0.3) is 0 Å². The van der Waals surface area contributed by atoms with Crippen molar-refractivity contribution in [2.45, 2.75) is 70.6 Å². The minimum absolute atomic E-state index is 0.0885. The molecule has 0 bridgehead atoms. The van der Waals surface area contributed by atoms with Gasteiger partial charge in [0, 0.05) is 19.5 Å². The largest absolute Gasteiger partial charge is 0.435 e. The van der Waals surface area contributed by atoms with Crippen LogP contribution in [0.2, 0.25) is 0 Å². The summed E-state index contributed by atoms with van der Waals surface area (Å²) in [5.74, 6) is 1.80. The molecule has 1 aromatic carbocycles. The van der Waals surface area contributed by atoms with Crippen LogP contribution in [0.15, 0.2) is 23.1 Å². The lowest BCUT2D eigenvalue weighted by molar-refractivity contribution is -0.0498. The van der Waals surface area contributed by atoms with E-state index in [1.807, 2.05) is 0 Å². The fourth-order valence-corrected chi connectivity index (χ4v) is 6.85. The van der Waals surface area contributed by atoms with Crippen LogP contribution in [-0.4, -0.2) is 40.6 Å². The summed E-state index contributed by atoms with van der Waals surface area (Å²) in [6.07, 6.45) is 8.13. The number of rotatable bonds is 5. The molecule has 2 aromatic rings. The molecule has 7 nitrogen and oxygen atoms in total. The number of hydrogen-bond donors (Lipinski definition) is 0. The van der Waals surface area contributed by atoms with Gasteiger partial charge in [-0.05, 0) is 67.9 Å². The molecule has 0 saturated carbocycles. The topological polar surface area (TPSA) is 77.3 Å². The molecule has 0 spiro atoms. The molecule has 1 unspecified atom stereocenters. The summed E-state index contributed by atoms with van der Waals surface area (Å²) < 4.78 is 60.4. The van der Waals surface area contributed by atoms with Crippen LogP contribution in [0.25, 0.3) is 6.08 Å². The third kappa shape index (κ3) is 3.94. The number of allylic oxidation sites excluding steroid dienone is 1. The van der Waals surface area contributed by atoms with Crippen molar-refractivity contribution in [1.82, 2.24) is 19.1 Å². The van der Waals surface area contributed by atoms with Gasteiger partial charge in [0.1, 0.15) is 11.6 Å². The van der Waals surface area contributed by atoms with Crippen molar-refractivity contribution in [3.05, 3.63) is 45.9 Å². The van der Waals surface area contributed by atoms with Gasteiger partial charge in [-0.2, -0.15) is 13.1 Å². The van der Waals surface area contributed by atoms with Crippen molar-refractivity contribution in [3.63, 3.8) is 0 Å². The molecule has 1 aromatic heterocycles. The first-order chi connectivity index (χ1) is 15.4. The second kappa shape index (κ2) is 8.55. The second-order valence-corrected chi connectivity index (χ2v) is 10.5. The van der Waals surface area contributed by atoms with E-state index in [-0.39, 0.29) is 11.8 Å². The summed E-state index contributed by atoms with van der Waals surface area (Å²) in [7, 11) is -3.68. The Labute approximate surface area is 186 Å². The predicted molar refractivity (Wildman–Crippen MR) is 115 cm³/mol. The Morgan fingerprint density at radius 2 is 1.91 bits per heavy atom. The third-order valence-corrected chi connectivity index (χ3v) is 8.62. The summed E-state index contributed by atoms with van der Waals surface area (Å²) in [6.45, 7) is -1.59. The Morgan fingerprint density at radius 1 is 1.03 bits per heavy atom. The van der Waals surface area contributed by atoms with E-state index in [1.54, 1.807) is 22.5 Å². The molecule has 0 radical (unpaired) electrons. The molecular weight excluding hydrogens is 438 g/mol. The first-order valence-electron chi connectivity index (χ1n) is 11.2. The van der Waals surface area contributed by atoms with Crippen LogP contribution in [0.3, 0.4) is 0 Å². The maximum Gasteiger partial charge on any atom is 0.387 e. The zero-order valence-corrected chi connectivity index (χ0v) is 18.5. The number of ether oxygens (including phenoxy) is 1. The molecule has 1 fully saturated rings. The lowest BCUT2D eigenvalue weighted by Crippen LogP contribution is -2.33. The van der Waals surface area contributed by atoms with Gasteiger partial charge in [0.15, 0.2) is 5.82 Å². The highest BCUT2D eigenvalue weighted by Crippen LogP contribution is 2.39. The van der Waals surface area contributed by atoms with Gasteiger partial charge < -0.3 is 9.30 Å². The number of benzene rings is 1. The number of hydrogen-bond acceptors (Lipinski definition) is 5. The molecule has 32 heavy (non-hydrogen) atoms. The number of alkyl halides is 2. The first-order valence-corrected chi connectivity index (χ1v) is 12.6. The lowest BCUT2D eigenvalue weighted by Gasteiger charge is -2.27. The average molecular weight is 465 g/mol. The molecule has 1 aliphatic carbocycles. The van der Waals surface area contributed by atoms with Crippen molar-refractivity contribution in [1.29, 1.82) is 0 Å². The molecule has 3 aliphatic rings. The van der Waals surface area contributed by atoms with Crippen molar-refractivity contribution < 1.29 is 21.9 Å². The van der Waals surface area contributed by atoms with Crippen molar-refractivity contribution in [2.24, 2.45) is 0 Å². The molecule has 0 N–H and O–H groups in total. The van der Waals surface area contributed by atoms with Crippen LogP contribution < -0.4 is 4.74 Å². The maximum atomic E-state index is 13.6. The summed E-state index contributed by atoms with van der Waals surface area (Å²) >= 11 is 0. The highest BCUT2D eigenvalue weighted by atomic mass is 32.2. The Morgan fingerprint density at radius 3 is 2.75 bits per heavy atom. The molecule has 1 saturated heterocycles. The third-order valence-electron chi connectivity index (χ3n) is 6.58. The zero-order valence-electron chi connectivity index (χ0n) is 17.7. The van der Waals surface area contributed by atoms with Gasteiger partial charge in [-0.1, -0.05) is 12.5 Å². The Kier molecular flexibility index (Phi) is 5.75. The highest BCUT2D eigenvalue weighted by Gasteiger charge is 2.40. The van der Waals surface area contributed by atoms with Crippen molar-refractivity contribution >= 4 is 16.1 Å². The monoisotopic (exact) mass is 464 g/mol. The second-order valence-electron chi connectivity index (χ2n) is 8.56. The van der Waals surface area contributed by atoms with Crippen LogP contribution in [-0.2, 0) is 29.4 Å². The lowest BCUT2D eigenvalue weighted by atomic mass is 9.97. The minimum atomic E-state index is -3.68. The number of nitrogens with zero attached hydrogens (tertiary/aromatic N) is 4. The minimum Gasteiger partial charge on any atom is -0.435 e. The van der Waals surface area contributed by atoms with Crippen LogP contribution in [0.1, 0.15) is 67.3 Å². The van der Waals surface area contributed by atoms with E-state index in [0.29, 0.717) is 24.3 Å². The van der Waals surface area contributed by atoms with Gasteiger partial charge in [-0.15, -0.1) is 10.2 Å². The zero-order chi connectivity index (χ0) is 22.3. The molecule has 5 rings (SSSR count). The highest BCUT2D eigenvalue weighted by molar-refractivity contribution is 7.93. The van der Waals surface area contributed by atoms with E-state index in [0.717, 1.165) is 67.8 Å². The van der Waals surface area contributed by atoms with E-state index in [2.05, 4.69) is 19.5 Å². The molecule has 10 heteroatoms. The predicted octanol–water partition coefficient (Wildman–Crippen LogP) is 4.06.